The van der Waals surface area contributed by atoms with Crippen molar-refractivity contribution >= 4 is 66.3 Å². The van der Waals surface area contributed by atoms with E-state index in [-0.39, 0.29) is 5.41 Å². The molecule has 0 fully saturated rings. The fourth-order valence-electron chi connectivity index (χ4n) is 9.88. The van der Waals surface area contributed by atoms with Crippen LogP contribution < -0.4 is 4.90 Å². The first-order valence-corrected chi connectivity index (χ1v) is 20.1. The molecule has 0 aliphatic heterocycles. The summed E-state index contributed by atoms with van der Waals surface area (Å²) in [5, 5.41) is 4.84. The summed E-state index contributed by atoms with van der Waals surface area (Å²) in [6.45, 7) is 4.72. The smallest absolute Gasteiger partial charge is 0.137 e. The standard InChI is InChI=1S/C54H38N4/c1-54(2)43-23-12-11-22-41(43)51-44(54)24-15-25-46(51)57(38-29-27-36(28-30-38)35-16-5-3-6-17-35)47-34-48-50(40-21-10-9-20-39(40)47)42-31-32-45-53(56-33-14-13-26-49(56)55-45)52(42)58(48)37-18-7-4-8-19-37/h3-34H,1-2H3. The Morgan fingerprint density at radius 1 is 0.517 bits per heavy atom. The first-order chi connectivity index (χ1) is 28.6. The van der Waals surface area contributed by atoms with E-state index in [4.69, 9.17) is 4.98 Å². The van der Waals surface area contributed by atoms with Crippen LogP contribution in [-0.4, -0.2) is 14.0 Å². The van der Waals surface area contributed by atoms with Crippen LogP contribution in [0.15, 0.2) is 194 Å². The molecule has 3 aromatic heterocycles. The molecule has 0 bridgehead atoms. The highest BCUT2D eigenvalue weighted by Gasteiger charge is 2.38. The SMILES string of the molecule is CC1(C)c2ccccc2-c2c(N(c3ccc(-c4ccccc4)cc3)c3cc4c(c5ccccc35)c3ccc5nc6ccccn6c5c3n4-c3ccccc3)cccc21. The summed E-state index contributed by atoms with van der Waals surface area (Å²) in [6.07, 6.45) is 2.14. The van der Waals surface area contributed by atoms with E-state index >= 15 is 0 Å². The number of hydrogen-bond donors (Lipinski definition) is 0. The number of fused-ring (bicyclic) bond motifs is 12. The second-order valence-corrected chi connectivity index (χ2v) is 16.0. The van der Waals surface area contributed by atoms with Crippen LogP contribution in [0.5, 0.6) is 0 Å². The lowest BCUT2D eigenvalue weighted by Gasteiger charge is -2.30. The van der Waals surface area contributed by atoms with E-state index in [2.05, 4.69) is 222 Å². The van der Waals surface area contributed by atoms with E-state index in [0.29, 0.717) is 0 Å². The molecule has 3 heterocycles. The van der Waals surface area contributed by atoms with Crippen LogP contribution in [0.25, 0.3) is 77.2 Å². The fraction of sp³-hybridized carbons (Fsp3) is 0.0556. The van der Waals surface area contributed by atoms with Crippen molar-refractivity contribution in [3.05, 3.63) is 205 Å². The fourth-order valence-corrected chi connectivity index (χ4v) is 9.88. The van der Waals surface area contributed by atoms with Crippen LogP contribution in [-0.2, 0) is 5.41 Å². The molecule has 0 spiro atoms. The number of nitrogens with zero attached hydrogens (tertiary/aromatic N) is 4. The van der Waals surface area contributed by atoms with Gasteiger partial charge in [-0.3, -0.25) is 4.40 Å². The zero-order valence-electron chi connectivity index (χ0n) is 32.3. The van der Waals surface area contributed by atoms with Crippen molar-refractivity contribution in [1.82, 2.24) is 14.0 Å². The molecule has 12 rings (SSSR count). The Balaban J connectivity index is 1.23. The Hall–Kier alpha value is -7.43. The minimum atomic E-state index is -0.143. The first kappa shape index (κ1) is 32.8. The van der Waals surface area contributed by atoms with Gasteiger partial charge in [-0.2, -0.15) is 0 Å². The Kier molecular flexibility index (Phi) is 6.94. The van der Waals surface area contributed by atoms with Gasteiger partial charge < -0.3 is 9.47 Å². The molecule has 4 nitrogen and oxygen atoms in total. The third-order valence-electron chi connectivity index (χ3n) is 12.5. The van der Waals surface area contributed by atoms with Crippen LogP contribution >= 0.6 is 0 Å². The van der Waals surface area contributed by atoms with Gasteiger partial charge in [-0.15, -0.1) is 0 Å². The van der Waals surface area contributed by atoms with Crippen molar-refractivity contribution in [3.8, 4) is 27.9 Å². The highest BCUT2D eigenvalue weighted by Crippen LogP contribution is 2.55. The van der Waals surface area contributed by atoms with E-state index < -0.39 is 0 Å². The molecule has 0 radical (unpaired) electrons. The lowest BCUT2D eigenvalue weighted by molar-refractivity contribution is 0.660. The molecule has 0 atom stereocenters. The largest absolute Gasteiger partial charge is 0.309 e. The average Bonchev–Trinajstić information content (AvgIpc) is 3.90. The lowest BCUT2D eigenvalue weighted by Crippen LogP contribution is -2.16. The van der Waals surface area contributed by atoms with Crippen LogP contribution in [0.4, 0.5) is 17.1 Å². The number of hydrogen-bond acceptors (Lipinski definition) is 2. The van der Waals surface area contributed by atoms with E-state index in [1.54, 1.807) is 0 Å². The van der Waals surface area contributed by atoms with Crippen molar-refractivity contribution in [3.63, 3.8) is 0 Å². The maximum Gasteiger partial charge on any atom is 0.137 e. The highest BCUT2D eigenvalue weighted by atomic mass is 15.2. The maximum absolute atomic E-state index is 5.09. The van der Waals surface area contributed by atoms with Gasteiger partial charge in [0.15, 0.2) is 0 Å². The van der Waals surface area contributed by atoms with E-state index in [9.17, 15) is 0 Å². The minimum Gasteiger partial charge on any atom is -0.309 e. The Morgan fingerprint density at radius 2 is 1.21 bits per heavy atom. The van der Waals surface area contributed by atoms with Crippen molar-refractivity contribution in [2.45, 2.75) is 19.3 Å². The van der Waals surface area contributed by atoms with Crippen molar-refractivity contribution in [1.29, 1.82) is 0 Å². The zero-order valence-corrected chi connectivity index (χ0v) is 32.3. The highest BCUT2D eigenvalue weighted by molar-refractivity contribution is 6.28. The van der Waals surface area contributed by atoms with Crippen LogP contribution in [0.3, 0.4) is 0 Å². The van der Waals surface area contributed by atoms with Gasteiger partial charge in [0.2, 0.25) is 0 Å². The molecular weight excluding hydrogens is 705 g/mol. The molecule has 58 heavy (non-hydrogen) atoms. The molecule has 0 unspecified atom stereocenters. The summed E-state index contributed by atoms with van der Waals surface area (Å²) in [6, 6.07) is 68.6. The summed E-state index contributed by atoms with van der Waals surface area (Å²) in [7, 11) is 0. The number of anilines is 3. The van der Waals surface area contributed by atoms with Gasteiger partial charge in [-0.25, -0.2) is 4.98 Å². The molecule has 1 aliphatic carbocycles. The van der Waals surface area contributed by atoms with Crippen LogP contribution in [0.2, 0.25) is 0 Å². The second-order valence-electron chi connectivity index (χ2n) is 16.0. The predicted molar refractivity (Wildman–Crippen MR) is 242 cm³/mol. The minimum absolute atomic E-state index is 0.143. The molecule has 11 aromatic rings. The van der Waals surface area contributed by atoms with E-state index in [0.717, 1.165) is 44.8 Å². The molecule has 0 N–H and O–H groups in total. The van der Waals surface area contributed by atoms with Crippen LogP contribution in [0.1, 0.15) is 25.0 Å². The topological polar surface area (TPSA) is 25.5 Å². The molecule has 0 amide bonds. The number of imidazole rings is 1. The summed E-state index contributed by atoms with van der Waals surface area (Å²) in [5.41, 5.74) is 17.3. The van der Waals surface area contributed by atoms with Gasteiger partial charge in [0.05, 0.1) is 33.4 Å². The number of pyridine rings is 1. The first-order valence-electron chi connectivity index (χ1n) is 20.1. The Labute approximate surface area is 336 Å². The molecular formula is C54H38N4. The Bertz CT molecular complexity index is 3410. The van der Waals surface area contributed by atoms with Crippen molar-refractivity contribution < 1.29 is 0 Å². The number of para-hydroxylation sites is 1. The summed E-state index contributed by atoms with van der Waals surface area (Å²) < 4.78 is 4.71. The maximum atomic E-state index is 5.09. The van der Waals surface area contributed by atoms with Gasteiger partial charge in [0.25, 0.3) is 0 Å². The quantitative estimate of drug-likeness (QED) is 0.175. The molecule has 274 valence electrons. The van der Waals surface area contributed by atoms with Crippen molar-refractivity contribution in [2.24, 2.45) is 0 Å². The third-order valence-corrected chi connectivity index (χ3v) is 12.5. The molecule has 0 saturated heterocycles. The van der Waals surface area contributed by atoms with Gasteiger partial charge in [-0.1, -0.05) is 141 Å². The van der Waals surface area contributed by atoms with Gasteiger partial charge in [0, 0.05) is 44.7 Å². The molecule has 0 saturated carbocycles. The predicted octanol–water partition coefficient (Wildman–Crippen LogP) is 14.2. The monoisotopic (exact) mass is 742 g/mol. The van der Waals surface area contributed by atoms with E-state index in [1.807, 2.05) is 0 Å². The summed E-state index contributed by atoms with van der Waals surface area (Å²) in [4.78, 5) is 7.61. The number of aromatic nitrogens is 3. The lowest BCUT2D eigenvalue weighted by atomic mass is 9.82. The molecule has 1 aliphatic rings. The average molecular weight is 743 g/mol. The molecule has 8 aromatic carbocycles. The van der Waals surface area contributed by atoms with Crippen molar-refractivity contribution in [2.75, 3.05) is 4.90 Å². The zero-order chi connectivity index (χ0) is 38.5. The van der Waals surface area contributed by atoms with Gasteiger partial charge in [-0.05, 0) is 93.9 Å². The number of benzene rings is 8. The van der Waals surface area contributed by atoms with Gasteiger partial charge >= 0.3 is 0 Å². The molecule has 4 heteroatoms. The number of rotatable bonds is 5. The van der Waals surface area contributed by atoms with Gasteiger partial charge in [0.1, 0.15) is 5.65 Å². The van der Waals surface area contributed by atoms with Crippen LogP contribution in [0, 0.1) is 0 Å². The Morgan fingerprint density at radius 3 is 2.03 bits per heavy atom. The second kappa shape index (κ2) is 12.3. The summed E-state index contributed by atoms with van der Waals surface area (Å²) in [5.74, 6) is 0. The third kappa shape index (κ3) is 4.60. The normalized spacial score (nSPS) is 13.1. The summed E-state index contributed by atoms with van der Waals surface area (Å²) >= 11 is 0. The van der Waals surface area contributed by atoms with E-state index in [1.165, 1.54) is 60.6 Å².